The van der Waals surface area contributed by atoms with E-state index in [2.05, 4.69) is 40.3 Å². The molecule has 118 valence electrons. The summed E-state index contributed by atoms with van der Waals surface area (Å²) in [6.45, 7) is 7.59. The molecule has 6 heteroatoms. The van der Waals surface area contributed by atoms with Crippen LogP contribution in [-0.2, 0) is 6.54 Å². The number of rotatable bonds is 4. The lowest BCUT2D eigenvalue weighted by atomic mass is 10.0. The molecule has 0 spiro atoms. The summed E-state index contributed by atoms with van der Waals surface area (Å²) in [5.74, 6) is 1.73. The summed E-state index contributed by atoms with van der Waals surface area (Å²) in [7, 11) is 0. The third kappa shape index (κ3) is 3.48. The van der Waals surface area contributed by atoms with Gasteiger partial charge in [0, 0.05) is 36.6 Å². The predicted octanol–water partition coefficient (Wildman–Crippen LogP) is 2.99. The number of hydrogen-bond donors (Lipinski definition) is 1. The molecule has 22 heavy (non-hydrogen) atoms. The molecule has 1 fully saturated rings. The first-order chi connectivity index (χ1) is 10.6. The molecule has 3 rings (SSSR count). The molecular formula is C16H21ClN4O. The minimum atomic E-state index is 0.266. The fourth-order valence-electron chi connectivity index (χ4n) is 2.72. The molecule has 1 aliphatic rings. The standard InChI is InChI=1S/C16H21ClN4O/c1-11(2)16-19-15(22-20-16)10-21-7-6-18-9-14(21)12-4-3-5-13(17)8-12/h3-5,8,11,14,18H,6-7,9-10H2,1-2H3. The molecule has 0 saturated carbocycles. The van der Waals surface area contributed by atoms with E-state index in [4.69, 9.17) is 16.1 Å². The van der Waals surface area contributed by atoms with E-state index in [0.29, 0.717) is 12.4 Å². The first kappa shape index (κ1) is 15.5. The Morgan fingerprint density at radius 2 is 2.32 bits per heavy atom. The van der Waals surface area contributed by atoms with Gasteiger partial charge in [-0.25, -0.2) is 0 Å². The van der Waals surface area contributed by atoms with Crippen molar-refractivity contribution in [1.82, 2.24) is 20.4 Å². The molecule has 1 aromatic heterocycles. The van der Waals surface area contributed by atoms with Crippen molar-refractivity contribution >= 4 is 11.6 Å². The van der Waals surface area contributed by atoms with Gasteiger partial charge in [0.15, 0.2) is 5.82 Å². The Bertz CT molecular complexity index is 628. The summed E-state index contributed by atoms with van der Waals surface area (Å²) < 4.78 is 5.39. The number of halogens is 1. The van der Waals surface area contributed by atoms with Crippen LogP contribution in [0.5, 0.6) is 0 Å². The second-order valence-corrected chi connectivity index (χ2v) is 6.38. The summed E-state index contributed by atoms with van der Waals surface area (Å²) in [4.78, 5) is 6.84. The molecule has 1 N–H and O–H groups in total. The van der Waals surface area contributed by atoms with Crippen LogP contribution in [0.15, 0.2) is 28.8 Å². The van der Waals surface area contributed by atoms with Gasteiger partial charge in [-0.05, 0) is 17.7 Å². The summed E-state index contributed by atoms with van der Waals surface area (Å²) in [6.07, 6.45) is 0. The lowest BCUT2D eigenvalue weighted by Crippen LogP contribution is -2.45. The zero-order chi connectivity index (χ0) is 15.5. The molecule has 5 nitrogen and oxygen atoms in total. The van der Waals surface area contributed by atoms with Gasteiger partial charge in [0.1, 0.15) is 0 Å². The SMILES string of the molecule is CC(C)c1noc(CN2CCNCC2c2cccc(Cl)c2)n1. The van der Waals surface area contributed by atoms with Crippen molar-refractivity contribution in [3.8, 4) is 0 Å². The molecule has 0 amide bonds. The minimum absolute atomic E-state index is 0.266. The van der Waals surface area contributed by atoms with E-state index in [9.17, 15) is 0 Å². The Labute approximate surface area is 135 Å². The van der Waals surface area contributed by atoms with Gasteiger partial charge in [-0.3, -0.25) is 4.90 Å². The molecule has 1 aromatic carbocycles. The van der Waals surface area contributed by atoms with Crippen LogP contribution in [0.1, 0.15) is 43.1 Å². The van der Waals surface area contributed by atoms with Crippen LogP contribution in [0.25, 0.3) is 0 Å². The average Bonchev–Trinajstić information content (AvgIpc) is 2.97. The van der Waals surface area contributed by atoms with Crippen LogP contribution in [-0.4, -0.2) is 34.7 Å². The highest BCUT2D eigenvalue weighted by atomic mass is 35.5. The van der Waals surface area contributed by atoms with E-state index in [1.807, 2.05) is 18.2 Å². The van der Waals surface area contributed by atoms with Crippen LogP contribution in [0.4, 0.5) is 0 Å². The quantitative estimate of drug-likeness (QED) is 0.938. The maximum atomic E-state index is 6.13. The van der Waals surface area contributed by atoms with Crippen LogP contribution in [0.2, 0.25) is 5.02 Å². The summed E-state index contributed by atoms with van der Waals surface area (Å²) in [6, 6.07) is 8.30. The van der Waals surface area contributed by atoms with Crippen LogP contribution in [0.3, 0.4) is 0 Å². The first-order valence-corrected chi connectivity index (χ1v) is 8.04. The third-order valence-electron chi connectivity index (χ3n) is 3.93. The number of nitrogens with zero attached hydrogens (tertiary/aromatic N) is 3. The molecule has 1 saturated heterocycles. The number of hydrogen-bond acceptors (Lipinski definition) is 5. The lowest BCUT2D eigenvalue weighted by Gasteiger charge is -2.35. The van der Waals surface area contributed by atoms with Crippen molar-refractivity contribution in [2.45, 2.75) is 32.4 Å². The minimum Gasteiger partial charge on any atom is -0.338 e. The monoisotopic (exact) mass is 320 g/mol. The highest BCUT2D eigenvalue weighted by Gasteiger charge is 2.25. The molecule has 2 aromatic rings. The number of nitrogens with one attached hydrogen (secondary N) is 1. The smallest absolute Gasteiger partial charge is 0.240 e. The second kappa shape index (κ2) is 6.77. The molecule has 1 atom stereocenters. The number of piperazine rings is 1. The Morgan fingerprint density at radius 1 is 1.45 bits per heavy atom. The van der Waals surface area contributed by atoms with Crippen molar-refractivity contribution in [1.29, 1.82) is 0 Å². The number of aromatic nitrogens is 2. The van der Waals surface area contributed by atoms with Gasteiger partial charge in [0.05, 0.1) is 6.54 Å². The molecule has 2 heterocycles. The van der Waals surface area contributed by atoms with Crippen LogP contribution >= 0.6 is 11.6 Å². The lowest BCUT2D eigenvalue weighted by molar-refractivity contribution is 0.135. The van der Waals surface area contributed by atoms with Gasteiger partial charge >= 0.3 is 0 Å². The van der Waals surface area contributed by atoms with Gasteiger partial charge in [-0.1, -0.05) is 42.7 Å². The van der Waals surface area contributed by atoms with Gasteiger partial charge in [-0.15, -0.1) is 0 Å². The van der Waals surface area contributed by atoms with E-state index in [1.165, 1.54) is 5.56 Å². The molecular weight excluding hydrogens is 300 g/mol. The van der Waals surface area contributed by atoms with E-state index < -0.39 is 0 Å². The zero-order valence-electron chi connectivity index (χ0n) is 12.9. The zero-order valence-corrected chi connectivity index (χ0v) is 13.7. The van der Waals surface area contributed by atoms with E-state index in [1.54, 1.807) is 0 Å². The normalized spacial score (nSPS) is 19.7. The van der Waals surface area contributed by atoms with E-state index in [0.717, 1.165) is 30.5 Å². The summed E-state index contributed by atoms with van der Waals surface area (Å²) in [5.41, 5.74) is 1.21. The van der Waals surface area contributed by atoms with Crippen molar-refractivity contribution in [2.24, 2.45) is 0 Å². The molecule has 0 aliphatic carbocycles. The van der Waals surface area contributed by atoms with Crippen LogP contribution < -0.4 is 5.32 Å². The Morgan fingerprint density at radius 3 is 3.05 bits per heavy atom. The third-order valence-corrected chi connectivity index (χ3v) is 4.16. The van der Waals surface area contributed by atoms with Gasteiger partial charge < -0.3 is 9.84 Å². The molecule has 0 radical (unpaired) electrons. The average molecular weight is 321 g/mol. The predicted molar refractivity (Wildman–Crippen MR) is 85.9 cm³/mol. The molecule has 0 bridgehead atoms. The van der Waals surface area contributed by atoms with E-state index >= 15 is 0 Å². The topological polar surface area (TPSA) is 54.2 Å². The summed E-state index contributed by atoms with van der Waals surface area (Å²) in [5, 5.41) is 8.25. The Kier molecular flexibility index (Phi) is 4.76. The van der Waals surface area contributed by atoms with Crippen molar-refractivity contribution in [3.63, 3.8) is 0 Å². The Balaban J connectivity index is 1.77. The van der Waals surface area contributed by atoms with Crippen molar-refractivity contribution < 1.29 is 4.52 Å². The second-order valence-electron chi connectivity index (χ2n) is 5.95. The molecule has 1 unspecified atom stereocenters. The van der Waals surface area contributed by atoms with Crippen molar-refractivity contribution in [2.75, 3.05) is 19.6 Å². The van der Waals surface area contributed by atoms with Crippen molar-refractivity contribution in [3.05, 3.63) is 46.6 Å². The fourth-order valence-corrected chi connectivity index (χ4v) is 2.92. The maximum Gasteiger partial charge on any atom is 0.240 e. The van der Waals surface area contributed by atoms with Gasteiger partial charge in [0.25, 0.3) is 0 Å². The molecule has 1 aliphatic heterocycles. The summed E-state index contributed by atoms with van der Waals surface area (Å²) >= 11 is 6.13. The largest absolute Gasteiger partial charge is 0.338 e. The highest BCUT2D eigenvalue weighted by Crippen LogP contribution is 2.26. The van der Waals surface area contributed by atoms with Crippen LogP contribution in [0, 0.1) is 0 Å². The van der Waals surface area contributed by atoms with Gasteiger partial charge in [-0.2, -0.15) is 4.98 Å². The number of benzene rings is 1. The van der Waals surface area contributed by atoms with Gasteiger partial charge in [0.2, 0.25) is 5.89 Å². The maximum absolute atomic E-state index is 6.13. The highest BCUT2D eigenvalue weighted by molar-refractivity contribution is 6.30. The first-order valence-electron chi connectivity index (χ1n) is 7.66. The Hall–Kier alpha value is -1.43. The van der Waals surface area contributed by atoms with E-state index in [-0.39, 0.29) is 12.0 Å². The fraction of sp³-hybridized carbons (Fsp3) is 0.500.